The fourth-order valence-corrected chi connectivity index (χ4v) is 3.18. The van der Waals surface area contributed by atoms with E-state index in [-0.39, 0.29) is 6.04 Å². The quantitative estimate of drug-likeness (QED) is 0.873. The maximum Gasteiger partial charge on any atom is 0.129 e. The molecule has 0 saturated carbocycles. The molecule has 0 saturated heterocycles. The van der Waals surface area contributed by atoms with Gasteiger partial charge in [0.05, 0.1) is 42.7 Å². The summed E-state index contributed by atoms with van der Waals surface area (Å²) in [5, 5.41) is 6.25. The van der Waals surface area contributed by atoms with Crippen molar-refractivity contribution < 1.29 is 9.47 Å². The third kappa shape index (κ3) is 3.17. The van der Waals surface area contributed by atoms with Crippen molar-refractivity contribution in [2.75, 3.05) is 20.8 Å². The van der Waals surface area contributed by atoms with E-state index in [9.17, 15) is 0 Å². The fraction of sp³-hybridized carbons (Fsp3) is 0.417. The first-order valence-corrected chi connectivity index (χ1v) is 7.42. The van der Waals surface area contributed by atoms with Crippen LogP contribution < -0.4 is 10.5 Å². The van der Waals surface area contributed by atoms with E-state index in [0.29, 0.717) is 13.2 Å². The van der Waals surface area contributed by atoms with Crippen LogP contribution >= 0.6 is 27.3 Å². The number of ether oxygens (including phenoxy) is 2. The SMILES string of the molecule is COCCn1ncc(Br)c1C(N)c1cc(OC)cs1. The number of hydrogen-bond acceptors (Lipinski definition) is 5. The van der Waals surface area contributed by atoms with Crippen LogP contribution in [-0.2, 0) is 11.3 Å². The summed E-state index contributed by atoms with van der Waals surface area (Å²) < 4.78 is 13.0. The molecular formula is C12H16BrN3O2S. The molecule has 0 aromatic carbocycles. The monoisotopic (exact) mass is 345 g/mol. The molecule has 0 aliphatic heterocycles. The van der Waals surface area contributed by atoms with Crippen LogP contribution in [0.15, 0.2) is 22.1 Å². The molecule has 0 amide bonds. The van der Waals surface area contributed by atoms with Gasteiger partial charge in [-0.3, -0.25) is 4.68 Å². The summed E-state index contributed by atoms with van der Waals surface area (Å²) in [4.78, 5) is 1.04. The molecule has 1 unspecified atom stereocenters. The first-order chi connectivity index (χ1) is 9.17. The van der Waals surface area contributed by atoms with Gasteiger partial charge in [-0.2, -0.15) is 5.10 Å². The van der Waals surface area contributed by atoms with Gasteiger partial charge in [0.1, 0.15) is 5.75 Å². The van der Waals surface area contributed by atoms with Crippen molar-refractivity contribution in [3.05, 3.63) is 32.7 Å². The summed E-state index contributed by atoms with van der Waals surface area (Å²) in [6.45, 7) is 1.27. The Balaban J connectivity index is 2.26. The van der Waals surface area contributed by atoms with Crippen LogP contribution in [0.5, 0.6) is 5.75 Å². The highest BCUT2D eigenvalue weighted by Gasteiger charge is 2.20. The van der Waals surface area contributed by atoms with Gasteiger partial charge in [-0.05, 0) is 22.0 Å². The number of nitrogens with zero attached hydrogens (tertiary/aromatic N) is 2. The molecule has 0 bridgehead atoms. The minimum atomic E-state index is -0.234. The molecule has 2 aromatic rings. The lowest BCUT2D eigenvalue weighted by atomic mass is 10.2. The summed E-state index contributed by atoms with van der Waals surface area (Å²) in [6, 6.07) is 1.72. The van der Waals surface area contributed by atoms with Gasteiger partial charge in [-0.1, -0.05) is 0 Å². The summed E-state index contributed by atoms with van der Waals surface area (Å²) >= 11 is 5.08. The Hall–Kier alpha value is -0.890. The van der Waals surface area contributed by atoms with Gasteiger partial charge in [0, 0.05) is 17.4 Å². The van der Waals surface area contributed by atoms with E-state index < -0.39 is 0 Å². The van der Waals surface area contributed by atoms with Gasteiger partial charge in [0.25, 0.3) is 0 Å². The average molecular weight is 346 g/mol. The summed E-state index contributed by atoms with van der Waals surface area (Å²) in [5.74, 6) is 0.828. The minimum absolute atomic E-state index is 0.234. The Morgan fingerprint density at radius 1 is 1.53 bits per heavy atom. The molecule has 104 valence electrons. The second kappa shape index (κ2) is 6.51. The Morgan fingerprint density at radius 3 is 2.95 bits per heavy atom. The van der Waals surface area contributed by atoms with Crippen molar-refractivity contribution >= 4 is 27.3 Å². The van der Waals surface area contributed by atoms with Gasteiger partial charge in [-0.15, -0.1) is 11.3 Å². The Morgan fingerprint density at radius 2 is 2.32 bits per heavy atom. The van der Waals surface area contributed by atoms with Crippen molar-refractivity contribution in [3.8, 4) is 5.75 Å². The highest BCUT2D eigenvalue weighted by atomic mass is 79.9. The minimum Gasteiger partial charge on any atom is -0.496 e. The molecular weight excluding hydrogens is 330 g/mol. The third-order valence-electron chi connectivity index (χ3n) is 2.77. The first kappa shape index (κ1) is 14.5. The number of thiophene rings is 1. The molecule has 0 fully saturated rings. The normalized spacial score (nSPS) is 12.6. The number of methoxy groups -OCH3 is 2. The molecule has 2 N–H and O–H groups in total. The van der Waals surface area contributed by atoms with Crippen molar-refractivity contribution in [3.63, 3.8) is 0 Å². The number of nitrogens with two attached hydrogens (primary N) is 1. The van der Waals surface area contributed by atoms with Crippen LogP contribution in [0.1, 0.15) is 16.6 Å². The van der Waals surface area contributed by atoms with Crippen molar-refractivity contribution in [2.45, 2.75) is 12.6 Å². The van der Waals surface area contributed by atoms with Crippen LogP contribution in [0.4, 0.5) is 0 Å². The predicted octanol–water partition coefficient (Wildman–Crippen LogP) is 2.41. The van der Waals surface area contributed by atoms with E-state index in [1.54, 1.807) is 31.8 Å². The Bertz CT molecular complexity index is 541. The lowest BCUT2D eigenvalue weighted by molar-refractivity contribution is 0.182. The number of hydrogen-bond donors (Lipinski definition) is 1. The zero-order valence-corrected chi connectivity index (χ0v) is 13.2. The molecule has 2 aromatic heterocycles. The highest BCUT2D eigenvalue weighted by Crippen LogP contribution is 2.32. The molecule has 2 heterocycles. The van der Waals surface area contributed by atoms with E-state index in [4.69, 9.17) is 15.2 Å². The van der Waals surface area contributed by atoms with Crippen LogP contribution in [0, 0.1) is 0 Å². The smallest absolute Gasteiger partial charge is 0.129 e. The lowest BCUT2D eigenvalue weighted by Crippen LogP contribution is -2.18. The van der Waals surface area contributed by atoms with Gasteiger partial charge in [0.15, 0.2) is 0 Å². The summed E-state index contributed by atoms with van der Waals surface area (Å²) in [7, 11) is 3.32. The van der Waals surface area contributed by atoms with Crippen molar-refractivity contribution in [2.24, 2.45) is 5.73 Å². The number of halogens is 1. The molecule has 0 aliphatic carbocycles. The molecule has 19 heavy (non-hydrogen) atoms. The maximum absolute atomic E-state index is 6.33. The van der Waals surface area contributed by atoms with Crippen LogP contribution in [0.2, 0.25) is 0 Å². The molecule has 5 nitrogen and oxygen atoms in total. The first-order valence-electron chi connectivity index (χ1n) is 5.75. The molecule has 1 atom stereocenters. The Kier molecular flexibility index (Phi) is 4.98. The van der Waals surface area contributed by atoms with Crippen molar-refractivity contribution in [1.82, 2.24) is 9.78 Å². The highest BCUT2D eigenvalue weighted by molar-refractivity contribution is 9.10. The average Bonchev–Trinajstić information content (AvgIpc) is 3.02. The maximum atomic E-state index is 6.33. The van der Waals surface area contributed by atoms with E-state index in [1.165, 1.54) is 0 Å². The van der Waals surface area contributed by atoms with Crippen LogP contribution in [0.25, 0.3) is 0 Å². The van der Waals surface area contributed by atoms with E-state index in [1.807, 2.05) is 16.1 Å². The summed E-state index contributed by atoms with van der Waals surface area (Å²) in [5.41, 5.74) is 7.27. The number of aromatic nitrogens is 2. The zero-order valence-electron chi connectivity index (χ0n) is 10.8. The second-order valence-corrected chi connectivity index (χ2v) is 5.76. The largest absolute Gasteiger partial charge is 0.496 e. The molecule has 0 aliphatic rings. The van der Waals surface area contributed by atoms with Gasteiger partial charge in [0.2, 0.25) is 0 Å². The molecule has 0 radical (unpaired) electrons. The van der Waals surface area contributed by atoms with Crippen molar-refractivity contribution in [1.29, 1.82) is 0 Å². The van der Waals surface area contributed by atoms with Crippen LogP contribution in [0.3, 0.4) is 0 Å². The predicted molar refractivity (Wildman–Crippen MR) is 78.7 cm³/mol. The topological polar surface area (TPSA) is 62.3 Å². The molecule has 2 rings (SSSR count). The third-order valence-corrected chi connectivity index (χ3v) is 4.38. The number of rotatable bonds is 6. The van der Waals surface area contributed by atoms with Gasteiger partial charge in [-0.25, -0.2) is 0 Å². The van der Waals surface area contributed by atoms with Gasteiger partial charge >= 0.3 is 0 Å². The second-order valence-electron chi connectivity index (χ2n) is 3.96. The summed E-state index contributed by atoms with van der Waals surface area (Å²) in [6.07, 6.45) is 1.76. The van der Waals surface area contributed by atoms with E-state index >= 15 is 0 Å². The fourth-order valence-electron chi connectivity index (χ4n) is 1.78. The van der Waals surface area contributed by atoms with Gasteiger partial charge < -0.3 is 15.2 Å². The zero-order chi connectivity index (χ0) is 13.8. The lowest BCUT2D eigenvalue weighted by Gasteiger charge is -2.13. The van der Waals surface area contributed by atoms with E-state index in [0.717, 1.165) is 20.8 Å². The molecule has 0 spiro atoms. The molecule has 7 heteroatoms. The Labute approximate surface area is 124 Å². The van der Waals surface area contributed by atoms with E-state index in [2.05, 4.69) is 21.0 Å². The standard InChI is InChI=1S/C12H16BrN3O2S/c1-17-4-3-16-12(9(13)6-15-16)11(14)10-5-8(18-2)7-19-10/h5-7,11H,3-4,14H2,1-2H3. The van der Waals surface area contributed by atoms with Crippen LogP contribution in [-0.4, -0.2) is 30.6 Å².